The third kappa shape index (κ3) is 3.79. The van der Waals surface area contributed by atoms with Crippen LogP contribution in [0.25, 0.3) is 0 Å². The Hall–Kier alpha value is -1.86. The molecular weight excluding hydrogens is 310 g/mol. The maximum Gasteiger partial charge on any atom is 0.322 e. The second-order valence-corrected chi connectivity index (χ2v) is 6.75. The van der Waals surface area contributed by atoms with Crippen LogP contribution >= 0.6 is 0 Å². The molecule has 1 aromatic rings. The Labute approximate surface area is 141 Å². The minimum atomic E-state index is -0.858. The Morgan fingerprint density at radius 1 is 1.25 bits per heavy atom. The summed E-state index contributed by atoms with van der Waals surface area (Å²) in [6.45, 7) is 4.03. The van der Waals surface area contributed by atoms with Crippen molar-refractivity contribution in [2.45, 2.75) is 25.4 Å². The van der Waals surface area contributed by atoms with E-state index in [2.05, 4.69) is 4.90 Å². The summed E-state index contributed by atoms with van der Waals surface area (Å²) in [6, 6.07) is 3.26. The Bertz CT molecular complexity index is 566. The Kier molecular flexibility index (Phi) is 5.20. The van der Waals surface area contributed by atoms with Gasteiger partial charge in [-0.05, 0) is 45.1 Å². The van der Waals surface area contributed by atoms with Crippen molar-refractivity contribution in [2.75, 3.05) is 39.8 Å². The molecule has 3 rings (SSSR count). The molecule has 0 radical (unpaired) electrons. The second kappa shape index (κ2) is 7.36. The molecule has 1 N–H and O–H groups in total. The molecule has 132 valence electrons. The van der Waals surface area contributed by atoms with Gasteiger partial charge in [0.1, 0.15) is 11.8 Å². The molecule has 1 amide bonds. The van der Waals surface area contributed by atoms with Crippen LogP contribution in [0.3, 0.4) is 0 Å². The lowest BCUT2D eigenvalue weighted by atomic mass is 9.94. The van der Waals surface area contributed by atoms with E-state index in [4.69, 9.17) is 4.42 Å². The van der Waals surface area contributed by atoms with E-state index in [0.29, 0.717) is 13.1 Å². The molecule has 0 aromatic carbocycles. The zero-order valence-corrected chi connectivity index (χ0v) is 14.1. The van der Waals surface area contributed by atoms with E-state index in [9.17, 15) is 14.7 Å². The van der Waals surface area contributed by atoms with Gasteiger partial charge in [0, 0.05) is 25.6 Å². The SMILES string of the molecule is CN1CCN(C(=O)C2CCN(Cc3ccco3)CC2)CC1C(=O)O. The van der Waals surface area contributed by atoms with Crippen molar-refractivity contribution >= 4 is 11.9 Å². The summed E-state index contributed by atoms with van der Waals surface area (Å²) in [4.78, 5) is 29.9. The number of amides is 1. The summed E-state index contributed by atoms with van der Waals surface area (Å²) in [5.74, 6) is 0.217. The highest BCUT2D eigenvalue weighted by Gasteiger charge is 2.35. The van der Waals surface area contributed by atoms with Crippen molar-refractivity contribution in [2.24, 2.45) is 5.92 Å². The number of likely N-dealkylation sites (N-methyl/N-ethyl adjacent to an activating group) is 1. The van der Waals surface area contributed by atoms with Gasteiger partial charge in [0.25, 0.3) is 0 Å². The molecule has 1 aromatic heterocycles. The predicted octanol–water partition coefficient (Wildman–Crippen LogP) is 0.719. The lowest BCUT2D eigenvalue weighted by Crippen LogP contribution is -2.57. The van der Waals surface area contributed by atoms with Gasteiger partial charge in [-0.15, -0.1) is 0 Å². The lowest BCUT2D eigenvalue weighted by molar-refractivity contribution is -0.149. The fraction of sp³-hybridized carbons (Fsp3) is 0.647. The van der Waals surface area contributed by atoms with Crippen LogP contribution < -0.4 is 0 Å². The first kappa shape index (κ1) is 17.0. The van der Waals surface area contributed by atoms with Gasteiger partial charge in [-0.2, -0.15) is 0 Å². The molecule has 24 heavy (non-hydrogen) atoms. The zero-order chi connectivity index (χ0) is 17.1. The van der Waals surface area contributed by atoms with Crippen LogP contribution in [0.5, 0.6) is 0 Å². The van der Waals surface area contributed by atoms with Crippen LogP contribution in [0.15, 0.2) is 22.8 Å². The number of hydrogen-bond donors (Lipinski definition) is 1. The van der Waals surface area contributed by atoms with E-state index < -0.39 is 12.0 Å². The van der Waals surface area contributed by atoms with Gasteiger partial charge in [-0.1, -0.05) is 0 Å². The van der Waals surface area contributed by atoms with Crippen molar-refractivity contribution in [3.05, 3.63) is 24.2 Å². The van der Waals surface area contributed by atoms with Crippen molar-refractivity contribution in [1.29, 1.82) is 0 Å². The monoisotopic (exact) mass is 335 g/mol. The zero-order valence-electron chi connectivity index (χ0n) is 14.1. The maximum atomic E-state index is 12.7. The minimum absolute atomic E-state index is 0.00991. The molecule has 0 aliphatic carbocycles. The van der Waals surface area contributed by atoms with Crippen LogP contribution in [-0.4, -0.2) is 77.5 Å². The number of carbonyl (C=O) groups excluding carboxylic acids is 1. The smallest absolute Gasteiger partial charge is 0.322 e. The molecule has 0 saturated carbocycles. The number of carbonyl (C=O) groups is 2. The molecule has 2 aliphatic rings. The maximum absolute atomic E-state index is 12.7. The molecule has 7 heteroatoms. The van der Waals surface area contributed by atoms with Crippen molar-refractivity contribution in [3.63, 3.8) is 0 Å². The summed E-state index contributed by atoms with van der Waals surface area (Å²) in [5, 5.41) is 9.28. The average molecular weight is 335 g/mol. The fourth-order valence-electron chi connectivity index (χ4n) is 3.56. The number of rotatable bonds is 4. The van der Waals surface area contributed by atoms with E-state index in [1.807, 2.05) is 12.1 Å². The molecular formula is C17H25N3O4. The molecule has 1 unspecified atom stereocenters. The number of carboxylic acid groups (broad SMARTS) is 1. The quantitative estimate of drug-likeness (QED) is 0.874. The van der Waals surface area contributed by atoms with Crippen LogP contribution in [0.4, 0.5) is 0 Å². The van der Waals surface area contributed by atoms with E-state index >= 15 is 0 Å². The summed E-state index contributed by atoms with van der Waals surface area (Å²) >= 11 is 0. The number of aliphatic carboxylic acids is 1. The Morgan fingerprint density at radius 2 is 2.00 bits per heavy atom. The van der Waals surface area contributed by atoms with Gasteiger partial charge in [0.2, 0.25) is 5.91 Å². The topological polar surface area (TPSA) is 77.2 Å². The first-order valence-corrected chi connectivity index (χ1v) is 8.51. The van der Waals surface area contributed by atoms with Crippen LogP contribution in [0, 0.1) is 5.92 Å². The van der Waals surface area contributed by atoms with Crippen LogP contribution in [-0.2, 0) is 16.1 Å². The number of nitrogens with zero attached hydrogens (tertiary/aromatic N) is 3. The summed E-state index contributed by atoms with van der Waals surface area (Å²) < 4.78 is 5.37. The van der Waals surface area contributed by atoms with Gasteiger partial charge in [-0.25, -0.2) is 0 Å². The lowest BCUT2D eigenvalue weighted by Gasteiger charge is -2.40. The minimum Gasteiger partial charge on any atom is -0.480 e. The first-order chi connectivity index (χ1) is 11.5. The molecule has 1 atom stereocenters. The molecule has 0 bridgehead atoms. The molecule has 0 spiro atoms. The fourth-order valence-corrected chi connectivity index (χ4v) is 3.56. The predicted molar refractivity (Wildman–Crippen MR) is 87.3 cm³/mol. The van der Waals surface area contributed by atoms with Gasteiger partial charge in [-0.3, -0.25) is 19.4 Å². The molecule has 3 heterocycles. The molecule has 7 nitrogen and oxygen atoms in total. The van der Waals surface area contributed by atoms with E-state index in [-0.39, 0.29) is 18.4 Å². The Morgan fingerprint density at radius 3 is 2.62 bits per heavy atom. The van der Waals surface area contributed by atoms with E-state index in [1.54, 1.807) is 23.1 Å². The van der Waals surface area contributed by atoms with Gasteiger partial charge < -0.3 is 14.4 Å². The number of piperidine rings is 1. The number of piperazine rings is 1. The summed E-state index contributed by atoms with van der Waals surface area (Å²) in [6.07, 6.45) is 3.32. The standard InChI is InChI=1S/C17H25N3O4/c1-18-8-9-20(12-15(18)17(22)23)16(21)13-4-6-19(7-5-13)11-14-3-2-10-24-14/h2-3,10,13,15H,4-9,11-12H2,1H3,(H,22,23). The number of likely N-dealkylation sites (tertiary alicyclic amines) is 1. The number of carboxylic acids is 1. The highest BCUT2D eigenvalue weighted by atomic mass is 16.4. The number of hydrogen-bond acceptors (Lipinski definition) is 5. The van der Waals surface area contributed by atoms with Crippen LogP contribution in [0.2, 0.25) is 0 Å². The highest BCUT2D eigenvalue weighted by molar-refractivity contribution is 5.81. The van der Waals surface area contributed by atoms with Crippen molar-refractivity contribution < 1.29 is 19.1 Å². The van der Waals surface area contributed by atoms with Crippen molar-refractivity contribution in [1.82, 2.24) is 14.7 Å². The van der Waals surface area contributed by atoms with Crippen LogP contribution in [0.1, 0.15) is 18.6 Å². The molecule has 2 aliphatic heterocycles. The van der Waals surface area contributed by atoms with E-state index in [0.717, 1.165) is 38.2 Å². The molecule has 2 fully saturated rings. The third-order valence-electron chi connectivity index (χ3n) is 5.14. The Balaban J connectivity index is 1.50. The van der Waals surface area contributed by atoms with Crippen molar-refractivity contribution in [3.8, 4) is 0 Å². The normalized spacial score (nSPS) is 24.2. The average Bonchev–Trinajstić information content (AvgIpc) is 3.08. The third-order valence-corrected chi connectivity index (χ3v) is 5.14. The molecule has 2 saturated heterocycles. The summed E-state index contributed by atoms with van der Waals surface area (Å²) in [7, 11) is 1.80. The van der Waals surface area contributed by atoms with Gasteiger partial charge >= 0.3 is 5.97 Å². The largest absolute Gasteiger partial charge is 0.480 e. The first-order valence-electron chi connectivity index (χ1n) is 8.51. The van der Waals surface area contributed by atoms with E-state index in [1.165, 1.54) is 0 Å². The van der Waals surface area contributed by atoms with Gasteiger partial charge in [0.05, 0.1) is 12.8 Å². The summed E-state index contributed by atoms with van der Waals surface area (Å²) in [5.41, 5.74) is 0. The highest BCUT2D eigenvalue weighted by Crippen LogP contribution is 2.22. The van der Waals surface area contributed by atoms with Gasteiger partial charge in [0.15, 0.2) is 0 Å². The number of furan rings is 1. The second-order valence-electron chi connectivity index (χ2n) is 6.75.